The smallest absolute Gasteiger partial charge is 0.331 e. The van der Waals surface area contributed by atoms with Crippen molar-refractivity contribution < 1.29 is 0 Å². The van der Waals surface area contributed by atoms with Crippen molar-refractivity contribution in [3.05, 3.63) is 77.1 Å². The normalized spacial score (nSPS) is 11.4. The largest absolute Gasteiger partial charge is 0.350 e. The second-order valence-electron chi connectivity index (χ2n) is 7.64. The Kier molecular flexibility index (Phi) is 4.50. The first-order chi connectivity index (χ1) is 15.1. The van der Waals surface area contributed by atoms with Crippen LogP contribution in [0, 0.1) is 11.3 Å². The van der Waals surface area contributed by atoms with Crippen LogP contribution in [0.2, 0.25) is 0 Å². The Hall–Kier alpha value is -4.02. The summed E-state index contributed by atoms with van der Waals surface area (Å²) in [4.78, 5) is 15.9. The van der Waals surface area contributed by atoms with Gasteiger partial charge >= 0.3 is 5.69 Å². The molecule has 31 heavy (non-hydrogen) atoms. The van der Waals surface area contributed by atoms with Crippen LogP contribution in [0.1, 0.15) is 12.1 Å². The number of hydrogen-bond donors (Lipinski definition) is 2. The number of aromatic amines is 1. The minimum atomic E-state index is -0.332. The third-order valence-corrected chi connectivity index (χ3v) is 5.77. The molecule has 0 fully saturated rings. The fourth-order valence-electron chi connectivity index (χ4n) is 4.38. The zero-order valence-electron chi connectivity index (χ0n) is 17.2. The fraction of sp³-hybridized carbons (Fsp3) is 0.167. The molecular formula is C24H22N6O. The number of benzene rings is 2. The standard InChI is InChI=1S/C24H22N6O/c1-28-14-18(16-7-2-4-9-20(16)28)23-19(13-26)27-24(31)30(23)22-15-29(12-6-11-25)21-10-5-3-8-17(21)22/h2-5,7-10,14-15H,6,11-12,25H2,1H3,(H,27,31). The molecule has 0 aliphatic rings. The van der Waals surface area contributed by atoms with Gasteiger partial charge < -0.3 is 14.9 Å². The van der Waals surface area contributed by atoms with Crippen molar-refractivity contribution in [2.75, 3.05) is 6.54 Å². The lowest BCUT2D eigenvalue weighted by molar-refractivity contribution is 0.669. The van der Waals surface area contributed by atoms with Crippen LogP contribution >= 0.6 is 0 Å². The maximum Gasteiger partial charge on any atom is 0.331 e. The molecule has 7 nitrogen and oxygen atoms in total. The van der Waals surface area contributed by atoms with E-state index < -0.39 is 0 Å². The van der Waals surface area contributed by atoms with Gasteiger partial charge in [-0.05, 0) is 25.1 Å². The number of nitrogens with zero attached hydrogens (tertiary/aromatic N) is 4. The minimum Gasteiger partial charge on any atom is -0.350 e. The highest BCUT2D eigenvalue weighted by atomic mass is 16.1. The Morgan fingerprint density at radius 3 is 2.48 bits per heavy atom. The second-order valence-corrected chi connectivity index (χ2v) is 7.64. The average Bonchev–Trinajstić information content (AvgIpc) is 3.43. The van der Waals surface area contributed by atoms with Gasteiger partial charge in [-0.2, -0.15) is 5.26 Å². The van der Waals surface area contributed by atoms with Gasteiger partial charge in [0.15, 0.2) is 0 Å². The summed E-state index contributed by atoms with van der Waals surface area (Å²) in [5.74, 6) is 0. The molecule has 5 rings (SSSR count). The molecule has 0 saturated carbocycles. The summed E-state index contributed by atoms with van der Waals surface area (Å²) in [6.45, 7) is 1.34. The summed E-state index contributed by atoms with van der Waals surface area (Å²) >= 11 is 0. The van der Waals surface area contributed by atoms with Crippen LogP contribution in [0.15, 0.2) is 65.7 Å². The molecule has 0 atom stereocenters. The number of nitrogens with two attached hydrogens (primary N) is 1. The molecule has 0 spiro atoms. The lowest BCUT2D eigenvalue weighted by atomic mass is 10.1. The summed E-state index contributed by atoms with van der Waals surface area (Å²) in [6, 6.07) is 18.1. The van der Waals surface area contributed by atoms with Crippen molar-refractivity contribution in [2.45, 2.75) is 13.0 Å². The molecule has 3 N–H and O–H groups in total. The van der Waals surface area contributed by atoms with Crippen molar-refractivity contribution in [2.24, 2.45) is 12.8 Å². The lowest BCUT2D eigenvalue weighted by Crippen LogP contribution is -2.15. The molecule has 2 aromatic carbocycles. The third-order valence-electron chi connectivity index (χ3n) is 5.77. The Labute approximate surface area is 178 Å². The van der Waals surface area contributed by atoms with Crippen molar-refractivity contribution in [1.82, 2.24) is 18.7 Å². The van der Waals surface area contributed by atoms with Crippen molar-refractivity contribution in [3.8, 4) is 23.0 Å². The van der Waals surface area contributed by atoms with E-state index in [1.165, 1.54) is 0 Å². The van der Waals surface area contributed by atoms with Gasteiger partial charge in [0.25, 0.3) is 0 Å². The van der Waals surface area contributed by atoms with E-state index in [2.05, 4.69) is 15.6 Å². The molecule has 0 amide bonds. The van der Waals surface area contributed by atoms with E-state index in [0.29, 0.717) is 12.2 Å². The quantitative estimate of drug-likeness (QED) is 0.464. The average molecular weight is 410 g/mol. The van der Waals surface area contributed by atoms with Crippen LogP contribution in [0.4, 0.5) is 0 Å². The number of nitriles is 1. The molecule has 0 bridgehead atoms. The highest BCUT2D eigenvalue weighted by molar-refractivity contribution is 5.97. The maximum absolute atomic E-state index is 13.1. The van der Waals surface area contributed by atoms with Gasteiger partial charge in [-0.1, -0.05) is 36.4 Å². The van der Waals surface area contributed by atoms with E-state index in [1.807, 2.05) is 72.5 Å². The van der Waals surface area contributed by atoms with E-state index >= 15 is 0 Å². The minimum absolute atomic E-state index is 0.250. The lowest BCUT2D eigenvalue weighted by Gasteiger charge is -2.06. The van der Waals surface area contributed by atoms with Crippen LogP contribution in [0.5, 0.6) is 0 Å². The first-order valence-electron chi connectivity index (χ1n) is 10.2. The third kappa shape index (κ3) is 2.88. The number of nitrogens with one attached hydrogen (secondary N) is 1. The molecule has 0 unspecified atom stereocenters. The van der Waals surface area contributed by atoms with Gasteiger partial charge in [-0.15, -0.1) is 0 Å². The summed E-state index contributed by atoms with van der Waals surface area (Å²) in [5.41, 5.74) is 9.87. The number of aromatic nitrogens is 4. The number of hydrogen-bond acceptors (Lipinski definition) is 3. The molecule has 3 aromatic heterocycles. The molecule has 0 aliphatic carbocycles. The Bertz CT molecular complexity index is 1520. The fourth-order valence-corrected chi connectivity index (χ4v) is 4.38. The van der Waals surface area contributed by atoms with Crippen molar-refractivity contribution in [1.29, 1.82) is 5.26 Å². The zero-order valence-corrected chi connectivity index (χ0v) is 17.2. The summed E-state index contributed by atoms with van der Waals surface area (Å²) in [7, 11) is 1.96. The molecule has 154 valence electrons. The predicted molar refractivity (Wildman–Crippen MR) is 122 cm³/mol. The van der Waals surface area contributed by atoms with Gasteiger partial charge in [0.2, 0.25) is 0 Å². The Balaban J connectivity index is 1.85. The van der Waals surface area contributed by atoms with Gasteiger partial charge in [0.05, 0.1) is 16.9 Å². The maximum atomic E-state index is 13.1. The topological polar surface area (TPSA) is 97.5 Å². The molecule has 5 aromatic rings. The van der Waals surface area contributed by atoms with E-state index in [4.69, 9.17) is 5.73 Å². The number of para-hydroxylation sites is 2. The highest BCUT2D eigenvalue weighted by Crippen LogP contribution is 2.34. The number of fused-ring (bicyclic) bond motifs is 2. The SMILES string of the molecule is Cn1cc(-c2c(C#N)[nH]c(=O)n2-c2cn(CCCN)c3ccccc23)c2ccccc21. The highest BCUT2D eigenvalue weighted by Gasteiger charge is 2.23. The summed E-state index contributed by atoms with van der Waals surface area (Å²) in [6.07, 6.45) is 4.78. The molecular weight excluding hydrogens is 388 g/mol. The first-order valence-corrected chi connectivity index (χ1v) is 10.2. The molecule has 0 aliphatic heterocycles. The number of aryl methyl sites for hydroxylation is 2. The van der Waals surface area contributed by atoms with Crippen molar-refractivity contribution >= 4 is 21.8 Å². The van der Waals surface area contributed by atoms with Crippen LogP contribution in [-0.4, -0.2) is 25.2 Å². The molecule has 0 saturated heterocycles. The summed E-state index contributed by atoms with van der Waals surface area (Å²) < 4.78 is 5.76. The molecule has 0 radical (unpaired) electrons. The molecule has 3 heterocycles. The zero-order chi connectivity index (χ0) is 21.5. The second kappa shape index (κ2) is 7.35. The molecule has 7 heteroatoms. The predicted octanol–water partition coefficient (Wildman–Crippen LogP) is 3.50. The number of imidazole rings is 1. The monoisotopic (exact) mass is 410 g/mol. The summed E-state index contributed by atoms with van der Waals surface area (Å²) in [5, 5.41) is 11.8. The number of rotatable bonds is 5. The van der Waals surface area contributed by atoms with E-state index in [9.17, 15) is 10.1 Å². The van der Waals surface area contributed by atoms with Crippen LogP contribution < -0.4 is 11.4 Å². The number of H-pyrrole nitrogens is 1. The van der Waals surface area contributed by atoms with Gasteiger partial charge in [0, 0.05) is 47.8 Å². The van der Waals surface area contributed by atoms with E-state index in [0.717, 1.165) is 46.0 Å². The first kappa shape index (κ1) is 19.0. The van der Waals surface area contributed by atoms with E-state index in [1.54, 1.807) is 4.57 Å². The van der Waals surface area contributed by atoms with Crippen LogP contribution in [-0.2, 0) is 13.6 Å². The Morgan fingerprint density at radius 1 is 1.03 bits per heavy atom. The van der Waals surface area contributed by atoms with Gasteiger partial charge in [0.1, 0.15) is 11.8 Å². The van der Waals surface area contributed by atoms with E-state index in [-0.39, 0.29) is 11.4 Å². The van der Waals surface area contributed by atoms with Gasteiger partial charge in [-0.25, -0.2) is 4.79 Å². The van der Waals surface area contributed by atoms with Crippen LogP contribution in [0.25, 0.3) is 38.8 Å². The van der Waals surface area contributed by atoms with Crippen molar-refractivity contribution in [3.63, 3.8) is 0 Å². The Morgan fingerprint density at radius 2 is 1.74 bits per heavy atom. The van der Waals surface area contributed by atoms with Gasteiger partial charge in [-0.3, -0.25) is 9.55 Å². The van der Waals surface area contributed by atoms with Crippen LogP contribution in [0.3, 0.4) is 0 Å².